The van der Waals surface area contributed by atoms with Gasteiger partial charge in [0, 0.05) is 13.1 Å². The Kier molecular flexibility index (Phi) is 8.15. The van der Waals surface area contributed by atoms with E-state index in [1.807, 2.05) is 6.07 Å². The smallest absolute Gasteiger partial charge is 0.339 e. The van der Waals surface area contributed by atoms with Gasteiger partial charge < -0.3 is 13.8 Å². The van der Waals surface area contributed by atoms with Crippen LogP contribution in [0.2, 0.25) is 0 Å². The van der Waals surface area contributed by atoms with Crippen LogP contribution < -0.4 is 8.92 Å². The number of ether oxygens (including phenoxy) is 1. The van der Waals surface area contributed by atoms with E-state index >= 15 is 0 Å². The van der Waals surface area contributed by atoms with E-state index in [-0.39, 0.29) is 42.1 Å². The van der Waals surface area contributed by atoms with Crippen LogP contribution in [-0.4, -0.2) is 25.8 Å². The predicted molar refractivity (Wildman–Crippen MR) is 133 cm³/mol. The Morgan fingerprint density at radius 1 is 0.676 bits per heavy atom. The second-order valence-electron chi connectivity index (χ2n) is 8.11. The predicted octanol–water partition coefficient (Wildman–Crippen LogP) is 5.34. The SMILES string of the molecule is O=C(COc1ccccc1)N(Cc1ccc(F)cc1)Cc1ccc(OS(=O)(=O)c2ccc(F)cc2)cc1. The van der Waals surface area contributed by atoms with Crippen molar-refractivity contribution in [2.24, 2.45) is 0 Å². The van der Waals surface area contributed by atoms with E-state index in [1.54, 1.807) is 53.4 Å². The summed E-state index contributed by atoms with van der Waals surface area (Å²) in [6.45, 7) is 0.218. The molecule has 0 aromatic heterocycles. The Hall–Kier alpha value is -4.24. The molecule has 0 fully saturated rings. The van der Waals surface area contributed by atoms with Crippen LogP contribution in [0, 0.1) is 11.6 Å². The van der Waals surface area contributed by atoms with E-state index in [0.717, 1.165) is 29.8 Å². The molecule has 0 saturated heterocycles. The monoisotopic (exact) mass is 523 g/mol. The summed E-state index contributed by atoms with van der Waals surface area (Å²) >= 11 is 0. The minimum Gasteiger partial charge on any atom is -0.484 e. The van der Waals surface area contributed by atoms with Gasteiger partial charge in [0.25, 0.3) is 5.91 Å². The molecule has 0 unspecified atom stereocenters. The lowest BCUT2D eigenvalue weighted by Gasteiger charge is -2.23. The third kappa shape index (κ3) is 7.37. The van der Waals surface area contributed by atoms with E-state index in [1.165, 1.54) is 24.3 Å². The lowest BCUT2D eigenvalue weighted by Crippen LogP contribution is -2.34. The number of amides is 1. The van der Waals surface area contributed by atoms with Gasteiger partial charge in [-0.1, -0.05) is 42.5 Å². The second kappa shape index (κ2) is 11.7. The fourth-order valence-corrected chi connectivity index (χ4v) is 4.37. The molecule has 0 atom stereocenters. The van der Waals surface area contributed by atoms with Crippen LogP contribution in [0.4, 0.5) is 8.78 Å². The van der Waals surface area contributed by atoms with Crippen LogP contribution in [0.1, 0.15) is 11.1 Å². The van der Waals surface area contributed by atoms with E-state index in [9.17, 15) is 22.0 Å². The molecule has 0 spiro atoms. The quantitative estimate of drug-likeness (QED) is 0.263. The van der Waals surface area contributed by atoms with Gasteiger partial charge in [-0.25, -0.2) is 8.78 Å². The summed E-state index contributed by atoms with van der Waals surface area (Å²) in [5.41, 5.74) is 1.45. The molecular weight excluding hydrogens is 500 g/mol. The Labute approximate surface area is 213 Å². The van der Waals surface area contributed by atoms with Gasteiger partial charge in [-0.2, -0.15) is 8.42 Å². The molecule has 4 rings (SSSR count). The van der Waals surface area contributed by atoms with Crippen LogP contribution in [0.5, 0.6) is 11.5 Å². The number of carbonyl (C=O) groups excluding carboxylic acids is 1. The molecule has 0 bridgehead atoms. The molecular formula is C28H23F2NO5S. The number of rotatable bonds is 10. The minimum atomic E-state index is -4.14. The van der Waals surface area contributed by atoms with E-state index in [4.69, 9.17) is 8.92 Å². The topological polar surface area (TPSA) is 72.9 Å². The number of para-hydroxylation sites is 1. The molecule has 6 nitrogen and oxygen atoms in total. The summed E-state index contributed by atoms with van der Waals surface area (Å²) < 4.78 is 62.1. The highest BCUT2D eigenvalue weighted by Gasteiger charge is 2.18. The standard InChI is InChI=1S/C28H23F2NO5S/c29-23-10-6-21(7-11-23)18-31(28(32)20-35-25-4-2-1-3-5-25)19-22-8-14-26(15-9-22)36-37(33,34)27-16-12-24(30)13-17-27/h1-17H,18-20H2. The highest BCUT2D eigenvalue weighted by Crippen LogP contribution is 2.21. The minimum absolute atomic E-state index is 0.0666. The highest BCUT2D eigenvalue weighted by molar-refractivity contribution is 7.87. The summed E-state index contributed by atoms with van der Waals surface area (Å²) in [4.78, 5) is 14.4. The fourth-order valence-electron chi connectivity index (χ4n) is 3.44. The number of carbonyl (C=O) groups is 1. The Morgan fingerprint density at radius 3 is 1.76 bits per heavy atom. The maximum absolute atomic E-state index is 13.3. The van der Waals surface area contributed by atoms with E-state index in [0.29, 0.717) is 11.3 Å². The summed E-state index contributed by atoms with van der Waals surface area (Å²) in [5, 5.41) is 0. The van der Waals surface area contributed by atoms with Crippen molar-refractivity contribution in [1.29, 1.82) is 0 Å². The van der Waals surface area contributed by atoms with Gasteiger partial charge in [0.15, 0.2) is 6.61 Å². The summed E-state index contributed by atoms with van der Waals surface area (Å²) in [5.74, 6) is -0.594. The first-order valence-corrected chi connectivity index (χ1v) is 12.7. The molecule has 0 heterocycles. The summed E-state index contributed by atoms with van der Waals surface area (Å²) in [6.07, 6.45) is 0. The number of hydrogen-bond donors (Lipinski definition) is 0. The molecule has 190 valence electrons. The second-order valence-corrected chi connectivity index (χ2v) is 9.66. The highest BCUT2D eigenvalue weighted by atomic mass is 32.2. The molecule has 4 aromatic carbocycles. The number of halogens is 2. The molecule has 4 aromatic rings. The Balaban J connectivity index is 1.46. The molecule has 0 aliphatic heterocycles. The van der Waals surface area contributed by atoms with Crippen LogP contribution in [0.15, 0.2) is 108 Å². The molecule has 0 saturated carbocycles. The molecule has 0 aliphatic carbocycles. The molecule has 0 N–H and O–H groups in total. The molecule has 9 heteroatoms. The third-order valence-electron chi connectivity index (χ3n) is 5.35. The largest absolute Gasteiger partial charge is 0.484 e. The van der Waals surface area contributed by atoms with Gasteiger partial charge in [-0.05, 0) is 71.8 Å². The van der Waals surface area contributed by atoms with Crippen LogP contribution in [0.25, 0.3) is 0 Å². The van der Waals surface area contributed by atoms with Crippen molar-refractivity contribution in [2.45, 2.75) is 18.0 Å². The van der Waals surface area contributed by atoms with Crippen LogP contribution >= 0.6 is 0 Å². The van der Waals surface area contributed by atoms with Gasteiger partial charge in [-0.3, -0.25) is 4.79 Å². The van der Waals surface area contributed by atoms with Gasteiger partial charge >= 0.3 is 10.1 Å². The normalized spacial score (nSPS) is 11.1. The maximum atomic E-state index is 13.3. The van der Waals surface area contributed by atoms with E-state index in [2.05, 4.69) is 0 Å². The van der Waals surface area contributed by atoms with Crippen molar-refractivity contribution in [3.63, 3.8) is 0 Å². The fraction of sp³-hybridized carbons (Fsp3) is 0.107. The zero-order valence-corrected chi connectivity index (χ0v) is 20.4. The molecule has 37 heavy (non-hydrogen) atoms. The Bertz CT molecular complexity index is 1430. The average molecular weight is 524 g/mol. The zero-order chi connectivity index (χ0) is 26.3. The molecule has 0 aliphatic rings. The first-order chi connectivity index (χ1) is 17.8. The zero-order valence-electron chi connectivity index (χ0n) is 19.6. The van der Waals surface area contributed by atoms with Gasteiger partial charge in [0.1, 0.15) is 28.0 Å². The first kappa shape index (κ1) is 25.8. The first-order valence-electron chi connectivity index (χ1n) is 11.3. The Morgan fingerprint density at radius 2 is 1.19 bits per heavy atom. The average Bonchev–Trinajstić information content (AvgIpc) is 2.90. The molecule has 1 amide bonds. The van der Waals surface area contributed by atoms with Crippen molar-refractivity contribution in [2.75, 3.05) is 6.61 Å². The van der Waals surface area contributed by atoms with E-state index < -0.39 is 15.9 Å². The summed E-state index contributed by atoms with van der Waals surface area (Å²) in [7, 11) is -4.14. The van der Waals surface area contributed by atoms with Crippen molar-refractivity contribution in [3.8, 4) is 11.5 Å². The molecule has 0 radical (unpaired) electrons. The number of hydrogen-bond acceptors (Lipinski definition) is 5. The third-order valence-corrected chi connectivity index (χ3v) is 6.61. The van der Waals surface area contributed by atoms with Crippen LogP contribution in [-0.2, 0) is 28.0 Å². The number of nitrogens with zero attached hydrogens (tertiary/aromatic N) is 1. The number of benzene rings is 4. The van der Waals surface area contributed by atoms with Crippen LogP contribution in [0.3, 0.4) is 0 Å². The van der Waals surface area contributed by atoms with Crippen molar-refractivity contribution in [3.05, 3.63) is 126 Å². The van der Waals surface area contributed by atoms with Crippen molar-refractivity contribution < 1.29 is 30.9 Å². The van der Waals surface area contributed by atoms with Gasteiger partial charge in [-0.15, -0.1) is 0 Å². The lowest BCUT2D eigenvalue weighted by molar-refractivity contribution is -0.134. The van der Waals surface area contributed by atoms with Gasteiger partial charge in [0.2, 0.25) is 0 Å². The maximum Gasteiger partial charge on any atom is 0.339 e. The van der Waals surface area contributed by atoms with Gasteiger partial charge in [0.05, 0.1) is 0 Å². The summed E-state index contributed by atoms with van der Waals surface area (Å²) in [6, 6.07) is 25.3. The lowest BCUT2D eigenvalue weighted by atomic mass is 10.1. The van der Waals surface area contributed by atoms with Crippen molar-refractivity contribution >= 4 is 16.0 Å². The van der Waals surface area contributed by atoms with Crippen molar-refractivity contribution in [1.82, 2.24) is 4.90 Å².